The van der Waals surface area contributed by atoms with Crippen molar-refractivity contribution in [1.29, 1.82) is 0 Å². The van der Waals surface area contributed by atoms with E-state index in [4.69, 9.17) is 9.72 Å². The molecule has 6 nitrogen and oxygen atoms in total. The van der Waals surface area contributed by atoms with Crippen molar-refractivity contribution in [3.8, 4) is 5.75 Å². The van der Waals surface area contributed by atoms with Crippen LogP contribution in [-0.2, 0) is 17.8 Å². The molecule has 1 saturated heterocycles. The van der Waals surface area contributed by atoms with E-state index in [2.05, 4.69) is 16.9 Å². The lowest BCUT2D eigenvalue weighted by molar-refractivity contribution is -0.139. The molecule has 0 saturated carbocycles. The van der Waals surface area contributed by atoms with Crippen molar-refractivity contribution < 1.29 is 13.9 Å². The van der Waals surface area contributed by atoms with E-state index in [-0.39, 0.29) is 17.6 Å². The number of piperidine rings is 1. The summed E-state index contributed by atoms with van der Waals surface area (Å²) in [4.78, 5) is 26.5. The summed E-state index contributed by atoms with van der Waals surface area (Å²) in [5.74, 6) is 1.10. The monoisotopic (exact) mass is 398 g/mol. The fraction of sp³-hybridized carbons (Fsp3) is 0.500. The first-order valence-corrected chi connectivity index (χ1v) is 10.2. The molecule has 0 radical (unpaired) electrons. The lowest BCUT2D eigenvalue weighted by Crippen LogP contribution is -2.45. The molecule has 1 aromatic heterocycles. The number of rotatable bonds is 4. The van der Waals surface area contributed by atoms with Gasteiger partial charge >= 0.3 is 0 Å². The minimum absolute atomic E-state index is 0.0568. The van der Waals surface area contributed by atoms with Crippen molar-refractivity contribution in [3.05, 3.63) is 53.4 Å². The third-order valence-corrected chi connectivity index (χ3v) is 5.72. The summed E-state index contributed by atoms with van der Waals surface area (Å²) in [5, 5.41) is 0. The summed E-state index contributed by atoms with van der Waals surface area (Å²) < 4.78 is 18.8. The number of ether oxygens (including phenoxy) is 1. The van der Waals surface area contributed by atoms with Gasteiger partial charge in [-0.05, 0) is 51.1 Å². The molecule has 1 fully saturated rings. The van der Waals surface area contributed by atoms with E-state index in [0.29, 0.717) is 18.8 Å². The fourth-order valence-electron chi connectivity index (χ4n) is 4.08. The van der Waals surface area contributed by atoms with Gasteiger partial charge in [0.2, 0.25) is 0 Å². The molecule has 2 aliphatic heterocycles. The molecule has 4 rings (SSSR count). The Kier molecular flexibility index (Phi) is 5.76. The van der Waals surface area contributed by atoms with Crippen LogP contribution in [0.5, 0.6) is 5.75 Å². The van der Waals surface area contributed by atoms with Crippen LogP contribution >= 0.6 is 0 Å². The molecule has 7 heteroatoms. The number of amides is 1. The molecule has 2 aliphatic rings. The zero-order valence-corrected chi connectivity index (χ0v) is 17.0. The van der Waals surface area contributed by atoms with Crippen LogP contribution in [-0.4, -0.2) is 58.5 Å². The van der Waals surface area contributed by atoms with E-state index >= 15 is 0 Å². The smallest absolute Gasteiger partial charge is 0.263 e. The van der Waals surface area contributed by atoms with Crippen molar-refractivity contribution in [2.45, 2.75) is 44.8 Å². The first-order chi connectivity index (χ1) is 14.0. The van der Waals surface area contributed by atoms with E-state index in [1.54, 1.807) is 6.92 Å². The lowest BCUT2D eigenvalue weighted by Gasteiger charge is -2.34. The van der Waals surface area contributed by atoms with Crippen molar-refractivity contribution >= 4 is 5.91 Å². The highest BCUT2D eigenvalue weighted by molar-refractivity contribution is 5.81. The molecule has 0 aliphatic carbocycles. The second kappa shape index (κ2) is 8.45. The summed E-state index contributed by atoms with van der Waals surface area (Å²) in [6, 6.07) is 5.73. The Bertz CT molecular complexity index is 874. The Morgan fingerprint density at radius 2 is 2.07 bits per heavy atom. The molecule has 154 valence electrons. The Morgan fingerprint density at radius 1 is 1.28 bits per heavy atom. The van der Waals surface area contributed by atoms with Crippen LogP contribution in [0.2, 0.25) is 0 Å². The van der Waals surface area contributed by atoms with Gasteiger partial charge in [-0.15, -0.1) is 0 Å². The van der Waals surface area contributed by atoms with Crippen LogP contribution in [0.15, 0.2) is 30.5 Å². The maximum Gasteiger partial charge on any atom is 0.263 e. The Morgan fingerprint density at radius 3 is 2.86 bits per heavy atom. The highest BCUT2D eigenvalue weighted by atomic mass is 19.1. The zero-order valence-electron chi connectivity index (χ0n) is 17.0. The highest BCUT2D eigenvalue weighted by Gasteiger charge is 2.30. The van der Waals surface area contributed by atoms with E-state index in [0.717, 1.165) is 43.9 Å². The van der Waals surface area contributed by atoms with Gasteiger partial charge in [-0.3, -0.25) is 4.79 Å². The Hall–Kier alpha value is -2.54. The largest absolute Gasteiger partial charge is 0.481 e. The number of nitrogens with zero attached hydrogens (tertiary/aromatic N) is 4. The van der Waals surface area contributed by atoms with Crippen molar-refractivity contribution in [1.82, 2.24) is 19.8 Å². The molecular formula is C22H27FN4O2. The number of likely N-dealkylation sites (N-methyl/N-ethyl adjacent to an activating group) is 1. The maximum atomic E-state index is 13.1. The van der Waals surface area contributed by atoms with Gasteiger partial charge in [0.1, 0.15) is 17.4 Å². The predicted octanol–water partition coefficient (Wildman–Crippen LogP) is 2.78. The number of halogens is 1. The number of carbonyl (C=O) groups excluding carboxylic acids is 1. The van der Waals surface area contributed by atoms with E-state index in [9.17, 15) is 9.18 Å². The number of hydrogen-bond donors (Lipinski definition) is 0. The molecule has 1 amide bonds. The molecule has 29 heavy (non-hydrogen) atoms. The van der Waals surface area contributed by atoms with Gasteiger partial charge < -0.3 is 14.5 Å². The fourth-order valence-corrected chi connectivity index (χ4v) is 4.08. The first-order valence-electron chi connectivity index (χ1n) is 10.2. The molecule has 0 N–H and O–H groups in total. The summed E-state index contributed by atoms with van der Waals surface area (Å²) >= 11 is 0. The summed E-state index contributed by atoms with van der Waals surface area (Å²) in [5.41, 5.74) is 2.34. The van der Waals surface area contributed by atoms with Crippen LogP contribution < -0.4 is 4.74 Å². The minimum Gasteiger partial charge on any atom is -0.481 e. The lowest BCUT2D eigenvalue weighted by atomic mass is 9.96. The van der Waals surface area contributed by atoms with Crippen LogP contribution in [0.4, 0.5) is 4.39 Å². The Balaban J connectivity index is 1.41. The number of fused-ring (bicyclic) bond motifs is 1. The Labute approximate surface area is 170 Å². The number of likely N-dealkylation sites (tertiary alicyclic amines) is 1. The number of benzene rings is 1. The highest BCUT2D eigenvalue weighted by Crippen LogP contribution is 2.27. The van der Waals surface area contributed by atoms with E-state index in [1.807, 2.05) is 11.1 Å². The van der Waals surface area contributed by atoms with Gasteiger partial charge in [0, 0.05) is 56.0 Å². The van der Waals surface area contributed by atoms with E-state index in [1.165, 1.54) is 29.8 Å². The van der Waals surface area contributed by atoms with Crippen LogP contribution in [0, 0.1) is 5.82 Å². The standard InChI is InChI=1S/C22H27FN4O2/c1-15(29-19-7-5-18(23)6-8-19)22(28)27-10-3-4-16(14-27)21-24-12-17-13-26(2)11-9-20(17)25-21/h5-8,12,15-16H,3-4,9-11,13-14H2,1-2H3. The van der Waals surface area contributed by atoms with Gasteiger partial charge in [0.25, 0.3) is 5.91 Å². The molecule has 2 aromatic rings. The van der Waals surface area contributed by atoms with Gasteiger partial charge in [0.05, 0.1) is 0 Å². The predicted molar refractivity (Wildman–Crippen MR) is 107 cm³/mol. The summed E-state index contributed by atoms with van der Waals surface area (Å²) in [7, 11) is 2.11. The molecule has 3 heterocycles. The SMILES string of the molecule is CC(Oc1ccc(F)cc1)C(=O)N1CCCC(c2ncc3c(n2)CCN(C)C3)C1. The molecule has 2 unspecified atom stereocenters. The third kappa shape index (κ3) is 4.56. The normalized spacial score (nSPS) is 20.8. The second-order valence-electron chi connectivity index (χ2n) is 8.03. The quantitative estimate of drug-likeness (QED) is 0.793. The minimum atomic E-state index is -0.626. The number of aromatic nitrogens is 2. The third-order valence-electron chi connectivity index (χ3n) is 5.72. The summed E-state index contributed by atoms with van der Waals surface area (Å²) in [6.07, 6.45) is 4.17. The van der Waals surface area contributed by atoms with Crippen molar-refractivity contribution in [2.75, 3.05) is 26.7 Å². The van der Waals surface area contributed by atoms with Crippen LogP contribution in [0.25, 0.3) is 0 Å². The maximum absolute atomic E-state index is 13.1. The van der Waals surface area contributed by atoms with Crippen molar-refractivity contribution in [3.63, 3.8) is 0 Å². The number of carbonyl (C=O) groups is 1. The van der Waals surface area contributed by atoms with Gasteiger partial charge in [-0.1, -0.05) is 0 Å². The van der Waals surface area contributed by atoms with Gasteiger partial charge in [-0.25, -0.2) is 14.4 Å². The van der Waals surface area contributed by atoms with Crippen molar-refractivity contribution in [2.24, 2.45) is 0 Å². The zero-order chi connectivity index (χ0) is 20.4. The summed E-state index contributed by atoms with van der Waals surface area (Å²) in [6.45, 7) is 4.96. The average Bonchev–Trinajstić information content (AvgIpc) is 2.74. The topological polar surface area (TPSA) is 58.6 Å². The van der Waals surface area contributed by atoms with E-state index < -0.39 is 6.10 Å². The molecule has 0 bridgehead atoms. The second-order valence-corrected chi connectivity index (χ2v) is 8.03. The number of hydrogen-bond acceptors (Lipinski definition) is 5. The molecule has 2 atom stereocenters. The van der Waals surface area contributed by atoms with Crippen LogP contribution in [0.3, 0.4) is 0 Å². The van der Waals surface area contributed by atoms with Gasteiger partial charge in [0.15, 0.2) is 6.10 Å². The van der Waals surface area contributed by atoms with Crippen LogP contribution in [0.1, 0.15) is 42.8 Å². The molecule has 0 spiro atoms. The average molecular weight is 398 g/mol. The first kappa shape index (κ1) is 19.8. The molecule has 1 aromatic carbocycles. The van der Waals surface area contributed by atoms with Gasteiger partial charge in [-0.2, -0.15) is 0 Å². The molecular weight excluding hydrogens is 371 g/mol.